The number of ether oxygens (including phenoxy) is 8. The molecule has 0 bridgehead atoms. The van der Waals surface area contributed by atoms with Crippen molar-refractivity contribution in [2.45, 2.75) is 133 Å². The predicted molar refractivity (Wildman–Crippen MR) is 481 cm³/mol. The van der Waals surface area contributed by atoms with Crippen molar-refractivity contribution in [3.05, 3.63) is 191 Å². The zero-order valence-electron chi connectivity index (χ0n) is 72.1. The first kappa shape index (κ1) is 106. The van der Waals surface area contributed by atoms with Gasteiger partial charge in [-0.15, -0.1) is 0 Å². The number of ketones is 2. The van der Waals surface area contributed by atoms with E-state index in [4.69, 9.17) is 86.3 Å². The Morgan fingerprint density at radius 2 is 0.659 bits per heavy atom. The molecule has 1 aliphatic heterocycles. The fourth-order valence-electron chi connectivity index (χ4n) is 10.8. The van der Waals surface area contributed by atoms with Gasteiger partial charge in [-0.2, -0.15) is 0 Å². The largest absolute Gasteiger partial charge is 0.494 e. The lowest BCUT2D eigenvalue weighted by Gasteiger charge is -2.17. The zero-order chi connectivity index (χ0) is 95.0. The number of carbonyl (C=O) groups excluding carboxylic acids is 3. The molecule has 0 spiro atoms. The van der Waals surface area contributed by atoms with Gasteiger partial charge in [-0.25, -0.2) is 85.4 Å². The summed E-state index contributed by atoms with van der Waals surface area (Å²) in [5.41, 5.74) is 20.9. The Hall–Kier alpha value is -10.5. The molecular weight excluding hydrogens is 1820 g/mol. The lowest BCUT2D eigenvalue weighted by molar-refractivity contribution is -0.152. The number of nitrogens with one attached hydrogen (secondary N) is 1. The van der Waals surface area contributed by atoms with Crippen LogP contribution in [0.15, 0.2) is 94.7 Å². The van der Waals surface area contributed by atoms with E-state index in [0.29, 0.717) is 121 Å². The van der Waals surface area contributed by atoms with Gasteiger partial charge >= 0.3 is 11.2 Å². The normalized spacial score (nSPS) is 11.3. The first-order chi connectivity index (χ1) is 59.0. The van der Waals surface area contributed by atoms with Crippen LogP contribution in [0.2, 0.25) is 20.6 Å². The van der Waals surface area contributed by atoms with Crippen molar-refractivity contribution in [1.29, 1.82) is 0 Å². The number of Topliss-reactive ketones (excluding diaryl/α,β-unsaturated/α-hetero) is 2. The van der Waals surface area contributed by atoms with Crippen LogP contribution < -0.4 is 50.2 Å². The number of carbonyl (C=O) groups is 3. The molecule has 13 rings (SSSR count). The van der Waals surface area contributed by atoms with Gasteiger partial charge in [-0.3, -0.25) is 18.9 Å². The molecule has 1 aliphatic rings. The topological polar surface area (TPSA) is 355 Å². The number of fused-ring (bicyclic) bond motifs is 6. The molecule has 41 heteroatoms. The molecule has 0 fully saturated rings. The predicted octanol–water partition coefficient (Wildman–Crippen LogP) is 23.0. The third-order valence-electron chi connectivity index (χ3n) is 17.1. The van der Waals surface area contributed by atoms with Crippen molar-refractivity contribution in [3.8, 4) is 40.2 Å². The van der Waals surface area contributed by atoms with Crippen LogP contribution in [0, 0.1) is 46.6 Å². The maximum absolute atomic E-state index is 13.5. The van der Waals surface area contributed by atoms with Crippen LogP contribution in [0.4, 0.5) is 47.8 Å². The van der Waals surface area contributed by atoms with Crippen LogP contribution in [0.3, 0.4) is 0 Å². The van der Waals surface area contributed by atoms with E-state index in [1.807, 2.05) is 83.1 Å². The van der Waals surface area contributed by atoms with Gasteiger partial charge in [0.05, 0.1) is 157 Å². The number of nitrogens with zero attached hydrogens (tertiary/aromatic N) is 10. The summed E-state index contributed by atoms with van der Waals surface area (Å²) < 4.78 is 142. The van der Waals surface area contributed by atoms with E-state index < -0.39 is 57.7 Å². The van der Waals surface area contributed by atoms with Gasteiger partial charge in [0.15, 0.2) is 107 Å². The molecule has 7 aromatic carbocycles. The van der Waals surface area contributed by atoms with E-state index in [-0.39, 0.29) is 106 Å². The minimum atomic E-state index is -3.22. The van der Waals surface area contributed by atoms with Gasteiger partial charge < -0.3 is 54.3 Å². The van der Waals surface area contributed by atoms with Gasteiger partial charge in [0, 0.05) is 98.1 Å². The number of aromatic amines is 1. The van der Waals surface area contributed by atoms with Crippen LogP contribution in [-0.4, -0.2) is 129 Å². The van der Waals surface area contributed by atoms with E-state index in [1.165, 1.54) is 129 Å². The SMILES string of the molecule is CCOC(=O)C(C)=O.COc1cc(N)c(N)cc1F.COc1cc2c(cc1F)N=C(C(C)C)C(=O)C2.COc1cc2nc(C(C)C)c(=O)[nH]c2cc1F.COc1cc2nc(C(C)C)c(Cl)nc2cc1F.COc1cc2nc(C(C)C)c(Cl)nc2cc1F.COc1cc2nc(Cl)c(C(C)C)nc2cc1F.COc1cc2nc(Cl)c(C(C)C)nc2cc1F.O=P(Cl)(Cl)Cl. The summed E-state index contributed by atoms with van der Waals surface area (Å²) in [6.07, 6.45) is 0.267. The van der Waals surface area contributed by atoms with Gasteiger partial charge in [0.2, 0.25) is 5.78 Å². The summed E-state index contributed by atoms with van der Waals surface area (Å²) in [4.78, 5) is 88.9. The summed E-state index contributed by atoms with van der Waals surface area (Å²) >= 11 is 37.9. The summed E-state index contributed by atoms with van der Waals surface area (Å²) in [7, 11) is 9.79. The maximum atomic E-state index is 13.5. The van der Waals surface area contributed by atoms with E-state index in [2.05, 4.69) is 98.0 Å². The lowest BCUT2D eigenvalue weighted by Crippen LogP contribution is -2.24. The Balaban J connectivity index is 0.000000255. The summed E-state index contributed by atoms with van der Waals surface area (Å²) in [6, 6.07) is 19.3. The van der Waals surface area contributed by atoms with Gasteiger partial charge in [0.1, 0.15) is 5.69 Å². The van der Waals surface area contributed by atoms with Crippen LogP contribution in [-0.2, 0) is 30.1 Å². The van der Waals surface area contributed by atoms with Crippen LogP contribution >= 0.6 is 85.3 Å². The average Bonchev–Trinajstić information content (AvgIpc) is 0.822. The third kappa shape index (κ3) is 30.1. The number of aromatic nitrogens is 10. The third-order valence-corrected chi connectivity index (χ3v) is 18.2. The monoisotopic (exact) mass is 1910 g/mol. The highest BCUT2D eigenvalue weighted by molar-refractivity contribution is 8.24. The number of H-pyrrole nitrogens is 1. The molecule has 0 saturated heterocycles. The number of nitrogen functional groups attached to an aromatic ring is 2. The van der Waals surface area contributed by atoms with Crippen LogP contribution in [0.5, 0.6) is 40.2 Å². The highest BCUT2D eigenvalue weighted by atomic mass is 36.0. The molecule has 26 nitrogen and oxygen atoms in total. The molecule has 0 amide bonds. The molecule has 6 heterocycles. The summed E-state index contributed by atoms with van der Waals surface area (Å²) in [6.45, 7) is 26.4. The van der Waals surface area contributed by atoms with Crippen molar-refractivity contribution < 1.29 is 87.6 Å². The Bertz CT molecular complexity index is 5850. The molecular formula is C85H92Cl7F7N13O13P. The fraction of sp³-hybridized carbons (Fsp3) is 0.341. The first-order valence-corrected chi connectivity index (χ1v) is 43.8. The number of nitrogens with two attached hydrogens (primary N) is 2. The quantitative estimate of drug-likeness (QED) is 0.0282. The maximum Gasteiger partial charge on any atom is 0.374 e. The Kier molecular flexibility index (Phi) is 40.8. The molecule has 5 N–H and O–H groups in total. The number of methoxy groups -OCH3 is 7. The molecule has 0 saturated carbocycles. The molecule has 5 aromatic heterocycles. The Labute approximate surface area is 756 Å². The second kappa shape index (κ2) is 48.4. The molecule has 0 aliphatic carbocycles. The Morgan fingerprint density at radius 3 is 0.960 bits per heavy atom. The standard InChI is InChI=1S/C13H14FNO2.4C12H12ClFN2O.C12H13FN2O2.C7H9FN2O.C5H8O3.Cl3OP/c1-7(2)13-11(16)4-8-5-12(17-3)9(14)6-10(8)15-13;2*1-6(2)11-12(13)16-8-4-7(14)10(17-3)5-9(8)15-11;2*1-6(2)11-12(13)16-9-5-10(17-3)7(14)4-8(9)15-11;1-6(2)11-12(16)15-8-4-7(13)10(17-3)5-9(8)14-11;1-11-7-3-6(10)5(9)2-4(7)8;1-3-8-5(7)4(2)6;1-5(2,3)4/h5-7H,4H2,1-3H3;4*4-6H,1-3H3;4-6H,1-3H3,(H,15,16);2-3H,9-10H2,1H3;3H2,1-2H3;. The highest BCUT2D eigenvalue weighted by Gasteiger charge is 2.26. The van der Waals surface area contributed by atoms with Gasteiger partial charge in [-0.1, -0.05) is 129 Å². The van der Waals surface area contributed by atoms with E-state index in [1.54, 1.807) is 13.0 Å². The number of anilines is 2. The van der Waals surface area contributed by atoms with Crippen molar-refractivity contribution in [3.63, 3.8) is 0 Å². The van der Waals surface area contributed by atoms with E-state index >= 15 is 0 Å². The number of aliphatic imine (C=N–C) groups is 1. The van der Waals surface area contributed by atoms with Gasteiger partial charge in [-0.05, 0) is 81.9 Å². The molecule has 0 atom stereocenters. The molecule has 0 unspecified atom stereocenters. The van der Waals surface area contributed by atoms with E-state index in [0.717, 1.165) is 11.6 Å². The number of rotatable bonds is 15. The molecule has 678 valence electrons. The van der Waals surface area contributed by atoms with Crippen molar-refractivity contribution in [2.24, 2.45) is 10.9 Å². The minimum Gasteiger partial charge on any atom is -0.494 e. The van der Waals surface area contributed by atoms with Crippen molar-refractivity contribution >= 4 is 181 Å². The second-order valence-electron chi connectivity index (χ2n) is 28.4. The molecule has 126 heavy (non-hydrogen) atoms. The number of benzene rings is 7. The summed E-state index contributed by atoms with van der Waals surface area (Å²) in [5.74, 6) is -2.97. The van der Waals surface area contributed by atoms with Crippen LogP contribution in [0.25, 0.3) is 55.2 Å². The summed E-state index contributed by atoms with van der Waals surface area (Å²) in [5, 5.41) is -1.89. The van der Waals surface area contributed by atoms with Gasteiger partial charge in [0.25, 0.3) is 5.56 Å². The second-order valence-corrected chi connectivity index (χ2v) is 36.5. The fourth-order valence-corrected chi connectivity index (χ4v) is 12.2. The highest BCUT2D eigenvalue weighted by Crippen LogP contribution is 2.61. The van der Waals surface area contributed by atoms with E-state index in [9.17, 15) is 54.5 Å². The number of hydrogen-bond donors (Lipinski definition) is 3. The molecule has 0 radical (unpaired) electrons. The lowest BCUT2D eigenvalue weighted by atomic mass is 9.94. The smallest absolute Gasteiger partial charge is 0.374 e. The van der Waals surface area contributed by atoms with Crippen molar-refractivity contribution in [1.82, 2.24) is 49.8 Å². The van der Waals surface area contributed by atoms with Crippen molar-refractivity contribution in [2.75, 3.05) is 67.8 Å². The number of halogens is 14. The minimum absolute atomic E-state index is 0.00108. The molecule has 12 aromatic rings. The number of esters is 1. The Morgan fingerprint density at radius 1 is 0.397 bits per heavy atom. The number of hydrogen-bond acceptors (Lipinski definition) is 25. The van der Waals surface area contributed by atoms with Crippen LogP contribution in [0.1, 0.15) is 161 Å². The first-order valence-electron chi connectivity index (χ1n) is 37.8. The zero-order valence-corrected chi connectivity index (χ0v) is 78.3. The average molecular weight is 1920 g/mol.